The summed E-state index contributed by atoms with van der Waals surface area (Å²) in [6, 6.07) is 2.67. The Morgan fingerprint density at radius 2 is 2.00 bits per heavy atom. The van der Waals surface area contributed by atoms with E-state index in [-0.39, 0.29) is 28.4 Å². The van der Waals surface area contributed by atoms with E-state index in [1.165, 1.54) is 26.2 Å². The quantitative estimate of drug-likeness (QED) is 0.486. The van der Waals surface area contributed by atoms with Crippen LogP contribution in [0.4, 0.5) is 0 Å². The highest BCUT2D eigenvalue weighted by Crippen LogP contribution is 2.33. The first-order chi connectivity index (χ1) is 9.02. The Labute approximate surface area is 112 Å². The first-order valence-electron chi connectivity index (χ1n) is 6.10. The van der Waals surface area contributed by atoms with Crippen LogP contribution in [0, 0.1) is 0 Å². The summed E-state index contributed by atoms with van der Waals surface area (Å²) < 4.78 is 10.0. The van der Waals surface area contributed by atoms with Crippen molar-refractivity contribution in [2.24, 2.45) is 0 Å². The molecule has 0 atom stereocenters. The maximum Gasteiger partial charge on any atom is 0.339 e. The Hall–Kier alpha value is -2.04. The minimum atomic E-state index is -0.586. The van der Waals surface area contributed by atoms with Crippen LogP contribution < -0.4 is 4.74 Å². The second-order valence-corrected chi connectivity index (χ2v) is 4.09. The standard InChI is InChI=1S/C14H18O5/c1-4-5-8-19-14(17)10-6-7-11(16)13(18-3)12(10)9(2)15/h6-7,16H,4-5,8H2,1-3H3. The summed E-state index contributed by atoms with van der Waals surface area (Å²) in [6.45, 7) is 3.59. The van der Waals surface area contributed by atoms with E-state index in [9.17, 15) is 14.7 Å². The van der Waals surface area contributed by atoms with Crippen LogP contribution in [0.25, 0.3) is 0 Å². The van der Waals surface area contributed by atoms with E-state index in [2.05, 4.69) is 0 Å². The van der Waals surface area contributed by atoms with E-state index in [4.69, 9.17) is 9.47 Å². The van der Waals surface area contributed by atoms with Gasteiger partial charge in [-0.25, -0.2) is 4.79 Å². The number of esters is 1. The van der Waals surface area contributed by atoms with Gasteiger partial charge in [0, 0.05) is 0 Å². The number of Topliss-reactive ketones (excluding diaryl/α,β-unsaturated/α-hetero) is 1. The number of unbranched alkanes of at least 4 members (excludes halogenated alkanes) is 1. The van der Waals surface area contributed by atoms with Gasteiger partial charge in [-0.15, -0.1) is 0 Å². The molecule has 0 bridgehead atoms. The molecule has 0 aliphatic rings. The van der Waals surface area contributed by atoms with Crippen molar-refractivity contribution in [2.75, 3.05) is 13.7 Å². The summed E-state index contributed by atoms with van der Waals surface area (Å²) in [5, 5.41) is 9.63. The minimum Gasteiger partial charge on any atom is -0.504 e. The van der Waals surface area contributed by atoms with Crippen LogP contribution in [0.5, 0.6) is 11.5 Å². The van der Waals surface area contributed by atoms with Gasteiger partial charge in [0.05, 0.1) is 24.8 Å². The second-order valence-electron chi connectivity index (χ2n) is 4.09. The smallest absolute Gasteiger partial charge is 0.339 e. The molecule has 0 fully saturated rings. The van der Waals surface area contributed by atoms with Gasteiger partial charge in [-0.2, -0.15) is 0 Å². The van der Waals surface area contributed by atoms with Crippen molar-refractivity contribution in [3.63, 3.8) is 0 Å². The van der Waals surface area contributed by atoms with Crippen molar-refractivity contribution in [2.45, 2.75) is 26.7 Å². The zero-order valence-corrected chi connectivity index (χ0v) is 11.4. The maximum absolute atomic E-state index is 11.9. The summed E-state index contributed by atoms with van der Waals surface area (Å²) in [5.74, 6) is -1.14. The summed E-state index contributed by atoms with van der Waals surface area (Å²) in [6.07, 6.45) is 1.67. The molecular weight excluding hydrogens is 248 g/mol. The minimum absolute atomic E-state index is 0.00237. The largest absolute Gasteiger partial charge is 0.504 e. The van der Waals surface area contributed by atoms with Gasteiger partial charge < -0.3 is 14.6 Å². The third-order valence-corrected chi connectivity index (χ3v) is 2.64. The third-order valence-electron chi connectivity index (χ3n) is 2.64. The molecule has 0 aliphatic carbocycles. The van der Waals surface area contributed by atoms with E-state index in [0.29, 0.717) is 6.61 Å². The SMILES string of the molecule is CCCCOC(=O)c1ccc(O)c(OC)c1C(C)=O. The predicted octanol–water partition coefficient (Wildman–Crippen LogP) is 2.56. The van der Waals surface area contributed by atoms with E-state index >= 15 is 0 Å². The van der Waals surface area contributed by atoms with Crippen molar-refractivity contribution in [3.05, 3.63) is 23.3 Å². The lowest BCUT2D eigenvalue weighted by atomic mass is 10.0. The number of carbonyl (C=O) groups excluding carboxylic acids is 2. The van der Waals surface area contributed by atoms with Crippen LogP contribution in [0.15, 0.2) is 12.1 Å². The lowest BCUT2D eigenvalue weighted by Gasteiger charge is -2.12. The third kappa shape index (κ3) is 3.47. The highest BCUT2D eigenvalue weighted by molar-refractivity contribution is 6.08. The Bertz CT molecular complexity index is 479. The van der Waals surface area contributed by atoms with Crippen LogP contribution >= 0.6 is 0 Å². The number of carbonyl (C=O) groups is 2. The zero-order chi connectivity index (χ0) is 14.4. The fourth-order valence-corrected chi connectivity index (χ4v) is 1.68. The monoisotopic (exact) mass is 266 g/mol. The number of hydrogen-bond acceptors (Lipinski definition) is 5. The molecule has 0 aromatic heterocycles. The average molecular weight is 266 g/mol. The van der Waals surface area contributed by atoms with Gasteiger partial charge >= 0.3 is 5.97 Å². The van der Waals surface area contributed by atoms with Gasteiger partial charge in [-0.1, -0.05) is 13.3 Å². The molecule has 0 radical (unpaired) electrons. The highest BCUT2D eigenvalue weighted by atomic mass is 16.5. The molecule has 0 spiro atoms. The molecule has 1 N–H and O–H groups in total. The average Bonchev–Trinajstić information content (AvgIpc) is 2.38. The van der Waals surface area contributed by atoms with Crippen LogP contribution in [0.3, 0.4) is 0 Å². The van der Waals surface area contributed by atoms with Gasteiger partial charge in [0.15, 0.2) is 17.3 Å². The molecule has 1 rings (SSSR count). The van der Waals surface area contributed by atoms with E-state index in [0.717, 1.165) is 12.8 Å². The topological polar surface area (TPSA) is 72.8 Å². The van der Waals surface area contributed by atoms with Gasteiger partial charge in [0.25, 0.3) is 0 Å². The lowest BCUT2D eigenvalue weighted by Crippen LogP contribution is -2.12. The van der Waals surface area contributed by atoms with Crippen LogP contribution in [0.2, 0.25) is 0 Å². The van der Waals surface area contributed by atoms with Crippen LogP contribution in [-0.4, -0.2) is 30.6 Å². The summed E-state index contributed by atoms with van der Waals surface area (Å²) in [7, 11) is 1.33. The molecule has 19 heavy (non-hydrogen) atoms. The normalized spacial score (nSPS) is 10.1. The van der Waals surface area contributed by atoms with Crippen molar-refractivity contribution >= 4 is 11.8 Å². The van der Waals surface area contributed by atoms with Gasteiger partial charge in [0.2, 0.25) is 0 Å². The summed E-state index contributed by atoms with van der Waals surface area (Å²) in [5.41, 5.74) is 0.155. The Morgan fingerprint density at radius 1 is 1.32 bits per heavy atom. The van der Waals surface area contributed by atoms with Crippen molar-refractivity contribution < 1.29 is 24.2 Å². The van der Waals surface area contributed by atoms with E-state index in [1.54, 1.807) is 0 Å². The van der Waals surface area contributed by atoms with Gasteiger partial charge in [-0.3, -0.25) is 4.79 Å². The number of hydrogen-bond donors (Lipinski definition) is 1. The number of ether oxygens (including phenoxy) is 2. The van der Waals surface area contributed by atoms with Crippen molar-refractivity contribution in [1.82, 2.24) is 0 Å². The molecule has 0 amide bonds. The molecule has 1 aromatic carbocycles. The highest BCUT2D eigenvalue weighted by Gasteiger charge is 2.22. The molecular formula is C14H18O5. The fraction of sp³-hybridized carbons (Fsp3) is 0.429. The molecule has 5 nitrogen and oxygen atoms in total. The Morgan fingerprint density at radius 3 is 2.53 bits per heavy atom. The molecule has 0 heterocycles. The number of benzene rings is 1. The number of ketones is 1. The number of aromatic hydroxyl groups is 1. The molecule has 0 aliphatic heterocycles. The number of phenols is 1. The fourth-order valence-electron chi connectivity index (χ4n) is 1.68. The molecule has 104 valence electrons. The summed E-state index contributed by atoms with van der Waals surface area (Å²) >= 11 is 0. The van der Waals surface area contributed by atoms with Crippen LogP contribution in [-0.2, 0) is 4.74 Å². The first-order valence-corrected chi connectivity index (χ1v) is 6.10. The Kier molecular flexibility index (Phi) is 5.36. The second kappa shape index (κ2) is 6.78. The summed E-state index contributed by atoms with van der Waals surface area (Å²) in [4.78, 5) is 23.5. The molecule has 0 saturated heterocycles. The lowest BCUT2D eigenvalue weighted by molar-refractivity contribution is 0.0496. The first kappa shape index (κ1) is 15.0. The van der Waals surface area contributed by atoms with E-state index in [1.807, 2.05) is 6.92 Å². The molecule has 0 saturated carbocycles. The number of phenolic OH excluding ortho intramolecular Hbond substituents is 1. The van der Waals surface area contributed by atoms with Crippen LogP contribution in [0.1, 0.15) is 47.4 Å². The van der Waals surface area contributed by atoms with E-state index < -0.39 is 5.97 Å². The maximum atomic E-state index is 11.9. The number of methoxy groups -OCH3 is 1. The predicted molar refractivity (Wildman–Crippen MR) is 69.9 cm³/mol. The molecule has 1 aromatic rings. The molecule has 5 heteroatoms. The van der Waals surface area contributed by atoms with Gasteiger partial charge in [-0.05, 0) is 25.5 Å². The number of rotatable bonds is 6. The van der Waals surface area contributed by atoms with Crippen molar-refractivity contribution in [1.29, 1.82) is 0 Å². The Balaban J connectivity index is 3.13. The zero-order valence-electron chi connectivity index (χ0n) is 11.4. The van der Waals surface area contributed by atoms with Gasteiger partial charge in [0.1, 0.15) is 0 Å². The molecule has 0 unspecified atom stereocenters. The van der Waals surface area contributed by atoms with Crippen molar-refractivity contribution in [3.8, 4) is 11.5 Å².